The number of piperidine rings is 1. The highest BCUT2D eigenvalue weighted by atomic mass is 32.3. The number of sulfonamides is 1. The molecule has 20 heavy (non-hydrogen) atoms. The predicted molar refractivity (Wildman–Crippen MR) is 67.1 cm³/mol. The number of aliphatic carboxylic acids is 2. The van der Waals surface area contributed by atoms with Gasteiger partial charge in [0.25, 0.3) is 0 Å². The van der Waals surface area contributed by atoms with Crippen molar-refractivity contribution >= 4 is 31.8 Å². The Bertz CT molecular complexity index is 608. The number of hydrogen-bond donors (Lipinski definition) is 2. The van der Waals surface area contributed by atoms with Crippen molar-refractivity contribution in [3.05, 3.63) is 0 Å². The third-order valence-electron chi connectivity index (χ3n) is 2.97. The van der Waals surface area contributed by atoms with Crippen LogP contribution in [-0.2, 0) is 29.4 Å². The van der Waals surface area contributed by atoms with E-state index in [2.05, 4.69) is 0 Å². The monoisotopic (exact) mass is 329 g/mol. The fourth-order valence-electron chi connectivity index (χ4n) is 2.07. The second-order valence-electron chi connectivity index (χ2n) is 4.69. The molecular formula is C9H15NO8S2. The van der Waals surface area contributed by atoms with Crippen LogP contribution in [0.5, 0.6) is 0 Å². The molecule has 0 spiro atoms. The van der Waals surface area contributed by atoms with Gasteiger partial charge in [-0.15, -0.1) is 0 Å². The smallest absolute Gasteiger partial charge is 0.308 e. The average Bonchev–Trinajstić information content (AvgIpc) is 2.24. The van der Waals surface area contributed by atoms with Crippen molar-refractivity contribution in [3.63, 3.8) is 0 Å². The van der Waals surface area contributed by atoms with Gasteiger partial charge in [0.1, 0.15) is 0 Å². The Balaban J connectivity index is 2.97. The van der Waals surface area contributed by atoms with Crippen molar-refractivity contribution in [3.8, 4) is 0 Å². The van der Waals surface area contributed by atoms with E-state index in [9.17, 15) is 26.4 Å². The number of carboxylic acids is 2. The summed E-state index contributed by atoms with van der Waals surface area (Å²) in [5, 5.41) is 16.8. The highest BCUT2D eigenvalue weighted by Crippen LogP contribution is 2.26. The summed E-state index contributed by atoms with van der Waals surface area (Å²) in [5.74, 6) is -5.30. The Morgan fingerprint density at radius 3 is 2.00 bits per heavy atom. The predicted octanol–water partition coefficient (Wildman–Crippen LogP) is -1.57. The van der Waals surface area contributed by atoms with Crippen LogP contribution in [0, 0.1) is 11.8 Å². The summed E-state index contributed by atoms with van der Waals surface area (Å²) < 4.78 is 46.6. The highest BCUT2D eigenvalue weighted by molar-refractivity contribution is 8.06. The van der Waals surface area contributed by atoms with E-state index in [-0.39, 0.29) is 13.0 Å². The molecule has 1 aliphatic heterocycles. The van der Waals surface area contributed by atoms with E-state index in [4.69, 9.17) is 10.2 Å². The molecule has 1 saturated heterocycles. The largest absolute Gasteiger partial charge is 0.481 e. The van der Waals surface area contributed by atoms with Crippen molar-refractivity contribution in [1.29, 1.82) is 0 Å². The molecule has 0 bridgehead atoms. The maximum atomic E-state index is 11.9. The summed E-state index contributed by atoms with van der Waals surface area (Å²) in [4.78, 5) is 22.0. The molecule has 11 heteroatoms. The minimum Gasteiger partial charge on any atom is -0.481 e. The van der Waals surface area contributed by atoms with Crippen LogP contribution in [0.1, 0.15) is 6.42 Å². The van der Waals surface area contributed by atoms with Gasteiger partial charge >= 0.3 is 11.9 Å². The lowest BCUT2D eigenvalue weighted by Crippen LogP contribution is -2.49. The average molecular weight is 329 g/mol. The summed E-state index contributed by atoms with van der Waals surface area (Å²) in [5.41, 5.74) is 0. The molecule has 0 aromatic rings. The molecule has 1 heterocycles. The summed E-state index contributed by atoms with van der Waals surface area (Å²) in [6.07, 6.45) is 0.582. The minimum absolute atomic E-state index is 0.171. The molecule has 0 aromatic heterocycles. The van der Waals surface area contributed by atoms with Gasteiger partial charge in [0.2, 0.25) is 10.0 Å². The molecule has 0 radical (unpaired) electrons. The Morgan fingerprint density at radius 2 is 1.60 bits per heavy atom. The Kier molecular flexibility index (Phi) is 4.77. The number of nitrogens with zero attached hydrogens (tertiary/aromatic N) is 1. The van der Waals surface area contributed by atoms with Crippen LogP contribution in [0.3, 0.4) is 0 Å². The van der Waals surface area contributed by atoms with Gasteiger partial charge in [-0.2, -0.15) is 0 Å². The molecule has 0 amide bonds. The summed E-state index contributed by atoms with van der Waals surface area (Å²) in [7, 11) is -7.96. The molecule has 0 aliphatic carbocycles. The zero-order chi connectivity index (χ0) is 15.7. The third kappa shape index (κ3) is 4.15. The lowest BCUT2D eigenvalue weighted by molar-refractivity contribution is -0.156. The number of hydrogen-bond acceptors (Lipinski definition) is 6. The van der Waals surface area contributed by atoms with Gasteiger partial charge in [-0.3, -0.25) is 9.59 Å². The van der Waals surface area contributed by atoms with E-state index >= 15 is 0 Å². The van der Waals surface area contributed by atoms with E-state index in [0.29, 0.717) is 0 Å². The van der Waals surface area contributed by atoms with Crippen molar-refractivity contribution < 1.29 is 36.6 Å². The Hall–Kier alpha value is -1.20. The lowest BCUT2D eigenvalue weighted by atomic mass is 9.86. The van der Waals surface area contributed by atoms with Gasteiger partial charge in [0.05, 0.1) is 11.8 Å². The van der Waals surface area contributed by atoms with E-state index in [1.165, 1.54) is 0 Å². The Labute approximate surface area is 116 Å². The first kappa shape index (κ1) is 16.9. The first-order valence-corrected chi connectivity index (χ1v) is 9.22. The SMILES string of the molecule is CS(=O)(=O)CS(=O)(=O)N1CCC(C(=O)O)C(C(=O)O)C1. The molecule has 9 nitrogen and oxygen atoms in total. The highest BCUT2D eigenvalue weighted by Gasteiger charge is 2.42. The molecule has 2 atom stereocenters. The maximum absolute atomic E-state index is 11.9. The normalized spacial score (nSPS) is 25.2. The molecule has 1 aliphatic rings. The van der Waals surface area contributed by atoms with Crippen LogP contribution in [-0.4, -0.2) is 67.7 Å². The number of carbonyl (C=O) groups is 2. The van der Waals surface area contributed by atoms with Gasteiger partial charge in [-0.1, -0.05) is 0 Å². The van der Waals surface area contributed by atoms with Gasteiger partial charge in [0.15, 0.2) is 14.9 Å². The zero-order valence-corrected chi connectivity index (χ0v) is 12.2. The fourth-order valence-corrected chi connectivity index (χ4v) is 5.60. The second-order valence-corrected chi connectivity index (χ2v) is 9.17. The van der Waals surface area contributed by atoms with Crippen LogP contribution in [0.25, 0.3) is 0 Å². The summed E-state index contributed by atoms with van der Waals surface area (Å²) in [6, 6.07) is 0. The van der Waals surface area contributed by atoms with Crippen LogP contribution >= 0.6 is 0 Å². The van der Waals surface area contributed by atoms with E-state index in [1.807, 2.05) is 0 Å². The Morgan fingerprint density at radius 1 is 1.10 bits per heavy atom. The lowest BCUT2D eigenvalue weighted by Gasteiger charge is -2.33. The summed E-state index contributed by atoms with van der Waals surface area (Å²) in [6.45, 7) is -0.747. The molecule has 2 N–H and O–H groups in total. The first-order valence-electron chi connectivity index (χ1n) is 5.55. The molecular weight excluding hydrogens is 314 g/mol. The molecule has 0 saturated carbocycles. The maximum Gasteiger partial charge on any atom is 0.308 e. The number of rotatable bonds is 5. The van der Waals surface area contributed by atoms with Gasteiger partial charge in [-0.25, -0.2) is 21.1 Å². The number of sulfone groups is 1. The van der Waals surface area contributed by atoms with Gasteiger partial charge in [-0.05, 0) is 6.42 Å². The van der Waals surface area contributed by atoms with E-state index in [1.54, 1.807) is 0 Å². The molecule has 1 rings (SSSR count). The fraction of sp³-hybridized carbons (Fsp3) is 0.778. The van der Waals surface area contributed by atoms with Gasteiger partial charge in [0, 0.05) is 19.3 Å². The number of carboxylic acid groups (broad SMARTS) is 2. The minimum atomic E-state index is -4.17. The van der Waals surface area contributed by atoms with Crippen LogP contribution in [0.2, 0.25) is 0 Å². The van der Waals surface area contributed by atoms with Crippen LogP contribution < -0.4 is 0 Å². The molecule has 2 unspecified atom stereocenters. The standard InChI is InChI=1S/C9H15NO8S2/c1-19(15,16)5-20(17,18)10-3-2-6(8(11)12)7(4-10)9(13)14/h6-7H,2-5H2,1H3,(H,11,12)(H,13,14). The van der Waals surface area contributed by atoms with Crippen molar-refractivity contribution in [2.24, 2.45) is 11.8 Å². The van der Waals surface area contributed by atoms with Crippen LogP contribution in [0.15, 0.2) is 0 Å². The van der Waals surface area contributed by atoms with Gasteiger partial charge < -0.3 is 10.2 Å². The van der Waals surface area contributed by atoms with E-state index in [0.717, 1.165) is 10.6 Å². The molecule has 1 fully saturated rings. The van der Waals surface area contributed by atoms with Crippen LogP contribution in [0.4, 0.5) is 0 Å². The zero-order valence-electron chi connectivity index (χ0n) is 10.6. The van der Waals surface area contributed by atoms with Crippen molar-refractivity contribution in [2.45, 2.75) is 6.42 Å². The van der Waals surface area contributed by atoms with Crippen molar-refractivity contribution in [1.82, 2.24) is 4.31 Å². The van der Waals surface area contributed by atoms with E-state index < -0.39 is 55.3 Å². The molecule has 0 aromatic carbocycles. The second kappa shape index (κ2) is 5.66. The molecule has 116 valence electrons. The third-order valence-corrected chi connectivity index (χ3v) is 6.99. The topological polar surface area (TPSA) is 146 Å². The quantitative estimate of drug-likeness (QED) is 0.614. The summed E-state index contributed by atoms with van der Waals surface area (Å²) >= 11 is 0. The van der Waals surface area contributed by atoms with Crippen molar-refractivity contribution in [2.75, 3.05) is 24.4 Å². The first-order chi connectivity index (χ1) is 8.94.